The van der Waals surface area contributed by atoms with Gasteiger partial charge < -0.3 is 4.57 Å². The van der Waals surface area contributed by atoms with Gasteiger partial charge in [0, 0.05) is 53.3 Å². The quantitative estimate of drug-likeness (QED) is 0.230. The van der Waals surface area contributed by atoms with Gasteiger partial charge in [0.2, 0.25) is 0 Å². The summed E-state index contributed by atoms with van der Waals surface area (Å²) in [5, 5.41) is 4.74. The molecule has 4 nitrogen and oxygen atoms in total. The number of fused-ring (bicyclic) bond motifs is 6. The van der Waals surface area contributed by atoms with Crippen LogP contribution in [-0.2, 0) is 0 Å². The van der Waals surface area contributed by atoms with Crippen molar-refractivity contribution in [3.05, 3.63) is 121 Å². The first-order chi connectivity index (χ1) is 23.9. The second-order valence-electron chi connectivity index (χ2n) is 12.2. The Morgan fingerprint density at radius 2 is 1.10 bits per heavy atom. The van der Waals surface area contributed by atoms with E-state index >= 15 is 0 Å². The average Bonchev–Trinajstić information content (AvgIpc) is 3.69. The first-order valence-corrected chi connectivity index (χ1v) is 16.7. The maximum Gasteiger partial charge on any atom is 0.165 e. The van der Waals surface area contributed by atoms with Crippen LogP contribution in [0.25, 0.3) is 81.8 Å². The third kappa shape index (κ3) is 4.60. The lowest BCUT2D eigenvalue weighted by molar-refractivity contribution is 1.08. The van der Waals surface area contributed by atoms with Gasteiger partial charge in [-0.1, -0.05) is 83.2 Å². The van der Waals surface area contributed by atoms with Crippen LogP contribution in [0.4, 0.5) is 0 Å². The molecule has 0 spiro atoms. The third-order valence-corrected chi connectivity index (χ3v) is 10.6. The average molecular weight is 634 g/mol. The molecule has 0 fully saturated rings. The first-order valence-electron chi connectivity index (χ1n) is 15.9. The summed E-state index contributed by atoms with van der Waals surface area (Å²) >= 11 is 1.71. The van der Waals surface area contributed by atoms with E-state index in [-0.39, 0.29) is 10.9 Å². The van der Waals surface area contributed by atoms with Gasteiger partial charge in [0.15, 0.2) is 17.5 Å². The van der Waals surface area contributed by atoms with Gasteiger partial charge in [0.25, 0.3) is 0 Å². The Morgan fingerprint density at radius 1 is 0.510 bits per heavy atom. The summed E-state index contributed by atoms with van der Waals surface area (Å²) in [4.78, 5) is 15.0. The Morgan fingerprint density at radius 3 is 1.82 bits per heavy atom. The van der Waals surface area contributed by atoms with Gasteiger partial charge in [0.1, 0.15) is 31.4 Å². The standard InChI is InChI=1S/C40H22B4N4S/c1-21-33(41)32(35(43)36(44)34(21)42)40-46-38(45-39(47-40)28-13-8-12-27-26-11-4-7-16-31(26)49-37(27)28)22-17-19-23(20-18-22)48-29-14-5-2-9-24(29)25-10-3-6-15-30(25)48/h2-20H,1H3. The van der Waals surface area contributed by atoms with E-state index in [9.17, 15) is 0 Å². The summed E-state index contributed by atoms with van der Waals surface area (Å²) in [5.74, 6) is 1.32. The fourth-order valence-electron chi connectivity index (χ4n) is 6.82. The molecule has 9 heteroatoms. The Hall–Kier alpha value is -5.39. The molecule has 0 saturated carbocycles. The van der Waals surface area contributed by atoms with Crippen molar-refractivity contribution in [3.63, 3.8) is 0 Å². The normalized spacial score (nSPS) is 11.7. The van der Waals surface area contributed by atoms with Crippen molar-refractivity contribution in [2.45, 2.75) is 6.92 Å². The highest BCUT2D eigenvalue weighted by Crippen LogP contribution is 2.39. The second kappa shape index (κ2) is 11.4. The monoisotopic (exact) mass is 634 g/mol. The minimum atomic E-state index is 0.241. The van der Waals surface area contributed by atoms with Crippen LogP contribution in [-0.4, -0.2) is 50.9 Å². The molecule has 9 rings (SSSR count). The molecule has 0 saturated heterocycles. The Balaban J connectivity index is 1.26. The van der Waals surface area contributed by atoms with E-state index in [0.29, 0.717) is 39.5 Å². The van der Waals surface area contributed by atoms with Crippen LogP contribution < -0.4 is 21.9 Å². The number of hydrogen-bond donors (Lipinski definition) is 0. The molecule has 9 aromatic rings. The van der Waals surface area contributed by atoms with Crippen LogP contribution in [0.1, 0.15) is 5.56 Å². The molecule has 0 aliphatic heterocycles. The molecule has 6 aromatic carbocycles. The van der Waals surface area contributed by atoms with Gasteiger partial charge in [-0.2, -0.15) is 0 Å². The summed E-state index contributed by atoms with van der Waals surface area (Å²) in [6.07, 6.45) is 0. The highest BCUT2D eigenvalue weighted by atomic mass is 32.1. The zero-order chi connectivity index (χ0) is 33.4. The zero-order valence-corrected chi connectivity index (χ0v) is 27.3. The van der Waals surface area contributed by atoms with Crippen LogP contribution in [0, 0.1) is 6.92 Å². The zero-order valence-electron chi connectivity index (χ0n) is 26.5. The highest BCUT2D eigenvalue weighted by Gasteiger charge is 2.20. The predicted octanol–water partition coefficient (Wildman–Crippen LogP) is 5.82. The lowest BCUT2D eigenvalue weighted by Gasteiger charge is -2.20. The lowest BCUT2D eigenvalue weighted by atomic mass is 9.64. The minimum Gasteiger partial charge on any atom is -0.309 e. The van der Waals surface area contributed by atoms with Crippen LogP contribution >= 0.6 is 11.3 Å². The van der Waals surface area contributed by atoms with Gasteiger partial charge in [-0.25, -0.2) is 15.0 Å². The van der Waals surface area contributed by atoms with Crippen LogP contribution in [0.15, 0.2) is 115 Å². The maximum atomic E-state index is 6.65. The van der Waals surface area contributed by atoms with E-state index < -0.39 is 0 Å². The number of hydrogen-bond acceptors (Lipinski definition) is 4. The number of rotatable bonds is 4. The van der Waals surface area contributed by atoms with E-state index in [1.807, 2.05) is 31.2 Å². The molecule has 3 heterocycles. The Bertz CT molecular complexity index is 2700. The fourth-order valence-corrected chi connectivity index (χ4v) is 8.03. The van der Waals surface area contributed by atoms with Gasteiger partial charge >= 0.3 is 0 Å². The molecule has 0 atom stereocenters. The second-order valence-corrected chi connectivity index (χ2v) is 13.2. The highest BCUT2D eigenvalue weighted by molar-refractivity contribution is 7.26. The van der Waals surface area contributed by atoms with Crippen molar-refractivity contribution in [1.29, 1.82) is 0 Å². The largest absolute Gasteiger partial charge is 0.309 e. The minimum absolute atomic E-state index is 0.241. The Labute approximate surface area is 292 Å². The fraction of sp³-hybridized carbons (Fsp3) is 0.0250. The van der Waals surface area contributed by atoms with Gasteiger partial charge in [0.05, 0.1) is 11.0 Å². The number of benzene rings is 6. The molecular formula is C40H22B4N4S. The van der Waals surface area contributed by atoms with Crippen molar-refractivity contribution >= 4 is 107 Å². The molecule has 0 unspecified atom stereocenters. The van der Waals surface area contributed by atoms with E-state index in [2.05, 4.69) is 95.6 Å². The van der Waals surface area contributed by atoms with Gasteiger partial charge in [-0.15, -0.1) is 22.3 Å². The molecule has 3 aromatic heterocycles. The molecule has 0 bridgehead atoms. The summed E-state index contributed by atoms with van der Waals surface area (Å²) in [6, 6.07) is 39.8. The molecule has 0 N–H and O–H groups in total. The van der Waals surface area contributed by atoms with Crippen molar-refractivity contribution in [2.24, 2.45) is 0 Å². The van der Waals surface area contributed by atoms with Gasteiger partial charge in [-0.3, -0.25) is 0 Å². The summed E-state index contributed by atoms with van der Waals surface area (Å²) < 4.78 is 4.56. The van der Waals surface area contributed by atoms with Crippen LogP contribution in [0.3, 0.4) is 0 Å². The lowest BCUT2D eigenvalue weighted by Crippen LogP contribution is -2.46. The molecule has 0 amide bonds. The molecular weight excluding hydrogens is 612 g/mol. The molecule has 220 valence electrons. The van der Waals surface area contributed by atoms with Crippen LogP contribution in [0.2, 0.25) is 0 Å². The summed E-state index contributed by atoms with van der Waals surface area (Å²) in [5.41, 5.74) is 7.32. The summed E-state index contributed by atoms with van der Waals surface area (Å²) in [7, 11) is 25.9. The number of thiophene rings is 1. The van der Waals surface area contributed by atoms with Crippen molar-refractivity contribution in [2.75, 3.05) is 0 Å². The molecule has 0 aliphatic carbocycles. The van der Waals surface area contributed by atoms with Crippen molar-refractivity contribution in [3.8, 4) is 39.9 Å². The number of aromatic nitrogens is 4. The molecule has 8 radical (unpaired) electrons. The first kappa shape index (κ1) is 29.7. The number of para-hydroxylation sites is 2. The molecule has 0 aliphatic rings. The Kier molecular flexibility index (Phi) is 6.89. The van der Waals surface area contributed by atoms with E-state index in [1.54, 1.807) is 11.3 Å². The SMILES string of the molecule is [B]c1c([B])c(C)c([B])c(-c2nc(-c3ccc(-n4c5ccccc5c5ccccc54)cc3)nc(-c3cccc4c3sc3ccccc34)n2)c1[B]. The summed E-state index contributed by atoms with van der Waals surface area (Å²) in [6.45, 7) is 1.82. The van der Waals surface area contributed by atoms with E-state index in [4.69, 9.17) is 46.3 Å². The topological polar surface area (TPSA) is 43.6 Å². The van der Waals surface area contributed by atoms with E-state index in [1.165, 1.54) is 20.9 Å². The van der Waals surface area contributed by atoms with E-state index in [0.717, 1.165) is 37.9 Å². The third-order valence-electron chi connectivity index (χ3n) is 9.40. The maximum absolute atomic E-state index is 6.65. The smallest absolute Gasteiger partial charge is 0.165 e. The molecule has 49 heavy (non-hydrogen) atoms. The van der Waals surface area contributed by atoms with Gasteiger partial charge in [-0.05, 0) is 55.5 Å². The van der Waals surface area contributed by atoms with Crippen LogP contribution in [0.5, 0.6) is 0 Å². The number of nitrogens with zero attached hydrogens (tertiary/aromatic N) is 4. The van der Waals surface area contributed by atoms with Crippen molar-refractivity contribution < 1.29 is 0 Å². The predicted molar refractivity (Wildman–Crippen MR) is 210 cm³/mol. The van der Waals surface area contributed by atoms with Crippen molar-refractivity contribution in [1.82, 2.24) is 19.5 Å².